The fourth-order valence-corrected chi connectivity index (χ4v) is 2.39. The van der Waals surface area contributed by atoms with Gasteiger partial charge in [0.15, 0.2) is 0 Å². The van der Waals surface area contributed by atoms with Crippen molar-refractivity contribution >= 4 is 11.6 Å². The van der Waals surface area contributed by atoms with Crippen LogP contribution in [0.3, 0.4) is 0 Å². The molecule has 0 aliphatic heterocycles. The van der Waals surface area contributed by atoms with E-state index in [9.17, 15) is 0 Å². The molecule has 80 valence electrons. The van der Waals surface area contributed by atoms with Gasteiger partial charge in [0, 0.05) is 11.1 Å². The van der Waals surface area contributed by atoms with Gasteiger partial charge in [-0.1, -0.05) is 33.8 Å². The SMILES string of the molecule is CCC1=CC(C)(C)C(Cl)C(CC)=C1N. The van der Waals surface area contributed by atoms with Crippen LogP contribution in [0.25, 0.3) is 0 Å². The van der Waals surface area contributed by atoms with Gasteiger partial charge in [-0.25, -0.2) is 0 Å². The van der Waals surface area contributed by atoms with E-state index in [0.717, 1.165) is 18.5 Å². The summed E-state index contributed by atoms with van der Waals surface area (Å²) in [5, 5.41) is 0.0443. The number of halogens is 1. The van der Waals surface area contributed by atoms with Crippen molar-refractivity contribution in [1.29, 1.82) is 0 Å². The predicted molar refractivity (Wildman–Crippen MR) is 63.3 cm³/mol. The van der Waals surface area contributed by atoms with Crippen LogP contribution in [0.4, 0.5) is 0 Å². The topological polar surface area (TPSA) is 26.0 Å². The zero-order chi connectivity index (χ0) is 10.9. The monoisotopic (exact) mass is 213 g/mol. The molecule has 1 atom stereocenters. The number of rotatable bonds is 2. The largest absolute Gasteiger partial charge is 0.399 e. The molecule has 0 amide bonds. The first-order valence-corrected chi connectivity index (χ1v) is 5.72. The molecule has 0 saturated carbocycles. The Morgan fingerprint density at radius 1 is 1.36 bits per heavy atom. The van der Waals surface area contributed by atoms with Gasteiger partial charge in [0.1, 0.15) is 0 Å². The summed E-state index contributed by atoms with van der Waals surface area (Å²) in [5.74, 6) is 0. The van der Waals surface area contributed by atoms with E-state index in [1.807, 2.05) is 0 Å². The molecule has 0 radical (unpaired) electrons. The predicted octanol–water partition coefficient (Wildman–Crippen LogP) is 3.59. The Balaban J connectivity index is 3.18. The summed E-state index contributed by atoms with van der Waals surface area (Å²) >= 11 is 6.41. The van der Waals surface area contributed by atoms with Gasteiger partial charge in [-0.05, 0) is 24.0 Å². The molecule has 1 rings (SSSR count). The van der Waals surface area contributed by atoms with E-state index in [-0.39, 0.29) is 10.8 Å². The molecule has 0 aromatic carbocycles. The Morgan fingerprint density at radius 2 is 1.93 bits per heavy atom. The molecule has 0 saturated heterocycles. The highest BCUT2D eigenvalue weighted by atomic mass is 35.5. The van der Waals surface area contributed by atoms with Gasteiger partial charge in [-0.2, -0.15) is 0 Å². The van der Waals surface area contributed by atoms with Crippen molar-refractivity contribution in [3.63, 3.8) is 0 Å². The van der Waals surface area contributed by atoms with Gasteiger partial charge in [0.05, 0.1) is 5.38 Å². The normalized spacial score (nSPS) is 26.4. The molecule has 0 heterocycles. The number of hydrogen-bond donors (Lipinski definition) is 1. The molecule has 0 aromatic rings. The zero-order valence-corrected chi connectivity index (χ0v) is 10.3. The third-order valence-corrected chi connectivity index (χ3v) is 3.78. The summed E-state index contributed by atoms with van der Waals surface area (Å²) in [4.78, 5) is 0. The lowest BCUT2D eigenvalue weighted by atomic mass is 9.76. The molecular weight excluding hydrogens is 194 g/mol. The Labute approximate surface area is 92.0 Å². The third-order valence-electron chi connectivity index (χ3n) is 2.96. The molecular formula is C12H20ClN. The van der Waals surface area contributed by atoms with E-state index >= 15 is 0 Å². The van der Waals surface area contributed by atoms with E-state index in [2.05, 4.69) is 33.8 Å². The number of hydrogen-bond acceptors (Lipinski definition) is 1. The van der Waals surface area contributed by atoms with E-state index in [1.165, 1.54) is 11.1 Å². The molecule has 2 heteroatoms. The highest BCUT2D eigenvalue weighted by Crippen LogP contribution is 2.41. The smallest absolute Gasteiger partial charge is 0.0653 e. The van der Waals surface area contributed by atoms with Crippen molar-refractivity contribution < 1.29 is 0 Å². The number of alkyl halides is 1. The van der Waals surface area contributed by atoms with Crippen LogP contribution >= 0.6 is 11.6 Å². The Morgan fingerprint density at radius 3 is 2.36 bits per heavy atom. The van der Waals surface area contributed by atoms with Crippen LogP contribution < -0.4 is 5.73 Å². The second-order valence-corrected chi connectivity index (χ2v) is 4.94. The highest BCUT2D eigenvalue weighted by molar-refractivity contribution is 6.23. The molecule has 0 spiro atoms. The molecule has 2 N–H and O–H groups in total. The Kier molecular flexibility index (Phi) is 3.31. The first-order chi connectivity index (χ1) is 6.44. The number of nitrogens with two attached hydrogens (primary N) is 1. The second-order valence-electron chi connectivity index (χ2n) is 4.50. The van der Waals surface area contributed by atoms with Crippen molar-refractivity contribution in [2.75, 3.05) is 0 Å². The van der Waals surface area contributed by atoms with E-state index in [0.29, 0.717) is 0 Å². The first-order valence-electron chi connectivity index (χ1n) is 5.28. The lowest BCUT2D eigenvalue weighted by Crippen LogP contribution is -2.31. The average Bonchev–Trinajstić information content (AvgIpc) is 2.13. The van der Waals surface area contributed by atoms with Crippen molar-refractivity contribution in [1.82, 2.24) is 0 Å². The quantitative estimate of drug-likeness (QED) is 0.698. The molecule has 0 aromatic heterocycles. The zero-order valence-electron chi connectivity index (χ0n) is 9.52. The minimum Gasteiger partial charge on any atom is -0.399 e. The van der Waals surface area contributed by atoms with Crippen molar-refractivity contribution in [3.05, 3.63) is 22.9 Å². The molecule has 1 aliphatic carbocycles. The molecule has 1 unspecified atom stereocenters. The Hall–Kier alpha value is -0.430. The van der Waals surface area contributed by atoms with Crippen LogP contribution in [0, 0.1) is 5.41 Å². The van der Waals surface area contributed by atoms with E-state index < -0.39 is 0 Å². The highest BCUT2D eigenvalue weighted by Gasteiger charge is 2.33. The summed E-state index contributed by atoms with van der Waals surface area (Å²) in [7, 11) is 0. The lowest BCUT2D eigenvalue weighted by Gasteiger charge is -2.35. The summed E-state index contributed by atoms with van der Waals surface area (Å²) in [5.41, 5.74) is 9.49. The maximum Gasteiger partial charge on any atom is 0.0653 e. The molecule has 1 nitrogen and oxygen atoms in total. The standard InChI is InChI=1S/C12H20ClN/c1-5-8-7-12(3,4)11(13)9(6-2)10(8)14/h7,11H,5-6,14H2,1-4H3. The van der Waals surface area contributed by atoms with Gasteiger partial charge in [0.2, 0.25) is 0 Å². The van der Waals surface area contributed by atoms with Crippen LogP contribution in [-0.2, 0) is 0 Å². The molecule has 14 heavy (non-hydrogen) atoms. The lowest BCUT2D eigenvalue weighted by molar-refractivity contribution is 0.462. The van der Waals surface area contributed by atoms with Crippen molar-refractivity contribution in [3.8, 4) is 0 Å². The maximum absolute atomic E-state index is 6.41. The van der Waals surface area contributed by atoms with Gasteiger partial charge in [-0.3, -0.25) is 0 Å². The third kappa shape index (κ3) is 1.83. The van der Waals surface area contributed by atoms with Crippen molar-refractivity contribution in [2.24, 2.45) is 11.1 Å². The van der Waals surface area contributed by atoms with Gasteiger partial charge in [-0.15, -0.1) is 11.6 Å². The minimum atomic E-state index is 0.0289. The summed E-state index contributed by atoms with van der Waals surface area (Å²) in [6.45, 7) is 8.59. The summed E-state index contributed by atoms with van der Waals surface area (Å²) < 4.78 is 0. The van der Waals surface area contributed by atoms with Crippen LogP contribution in [0.15, 0.2) is 22.9 Å². The Bertz CT molecular complexity index is 287. The molecule has 0 bridgehead atoms. The van der Waals surface area contributed by atoms with Crippen LogP contribution in [0.1, 0.15) is 40.5 Å². The maximum atomic E-state index is 6.41. The fraction of sp³-hybridized carbons (Fsp3) is 0.667. The van der Waals surface area contributed by atoms with Gasteiger partial charge < -0.3 is 5.73 Å². The van der Waals surface area contributed by atoms with Crippen LogP contribution in [0.2, 0.25) is 0 Å². The first kappa shape index (κ1) is 11.6. The van der Waals surface area contributed by atoms with Crippen LogP contribution in [-0.4, -0.2) is 5.38 Å². The molecule has 1 aliphatic rings. The average molecular weight is 214 g/mol. The summed E-state index contributed by atoms with van der Waals surface area (Å²) in [6, 6.07) is 0. The van der Waals surface area contributed by atoms with Gasteiger partial charge in [0.25, 0.3) is 0 Å². The van der Waals surface area contributed by atoms with Crippen molar-refractivity contribution in [2.45, 2.75) is 45.9 Å². The van der Waals surface area contributed by atoms with E-state index in [1.54, 1.807) is 0 Å². The van der Waals surface area contributed by atoms with E-state index in [4.69, 9.17) is 17.3 Å². The number of allylic oxidation sites excluding steroid dienone is 3. The second kappa shape index (κ2) is 3.98. The fourth-order valence-electron chi connectivity index (χ4n) is 2.05. The summed E-state index contributed by atoms with van der Waals surface area (Å²) in [6.07, 6.45) is 4.16. The minimum absolute atomic E-state index is 0.0289. The van der Waals surface area contributed by atoms with Gasteiger partial charge >= 0.3 is 0 Å². The molecule has 0 fully saturated rings. The van der Waals surface area contributed by atoms with Crippen LogP contribution in [0.5, 0.6) is 0 Å².